The predicted molar refractivity (Wildman–Crippen MR) is 93.3 cm³/mol. The van der Waals surface area contributed by atoms with Crippen LogP contribution >= 0.6 is 11.6 Å². The van der Waals surface area contributed by atoms with Crippen LogP contribution in [0, 0.1) is 0 Å². The molecule has 2 aromatic carbocycles. The Balaban J connectivity index is 1.93. The van der Waals surface area contributed by atoms with Crippen LogP contribution in [0.4, 0.5) is 5.69 Å². The standard InChI is InChI=1S/C19H24ClN/c1-15(2)18-10-8-17(9-11-18)14-21-19-7-3-5-16(13-19)6-4-12-20/h3,5,7-11,13,15,21H,4,6,12,14H2,1-2H3. The Morgan fingerprint density at radius 2 is 1.76 bits per heavy atom. The molecule has 0 aliphatic heterocycles. The molecular formula is C19H24ClN. The van der Waals surface area contributed by atoms with Crippen molar-refractivity contribution >= 4 is 17.3 Å². The molecule has 0 saturated heterocycles. The number of halogens is 1. The van der Waals surface area contributed by atoms with Crippen LogP contribution in [0.3, 0.4) is 0 Å². The van der Waals surface area contributed by atoms with E-state index >= 15 is 0 Å². The summed E-state index contributed by atoms with van der Waals surface area (Å²) in [5.74, 6) is 1.31. The Kier molecular flexibility index (Phi) is 6.13. The number of aryl methyl sites for hydroxylation is 1. The van der Waals surface area contributed by atoms with Gasteiger partial charge in [-0.05, 0) is 47.6 Å². The third-order valence-electron chi connectivity index (χ3n) is 3.67. The second kappa shape index (κ2) is 8.09. The lowest BCUT2D eigenvalue weighted by atomic mass is 10.0. The average molecular weight is 302 g/mol. The van der Waals surface area contributed by atoms with Crippen molar-refractivity contribution in [3.05, 3.63) is 65.2 Å². The van der Waals surface area contributed by atoms with Crippen LogP contribution in [0.15, 0.2) is 48.5 Å². The zero-order valence-corrected chi connectivity index (χ0v) is 13.7. The highest BCUT2D eigenvalue weighted by Gasteiger charge is 2.00. The van der Waals surface area contributed by atoms with E-state index in [0.717, 1.165) is 25.3 Å². The SMILES string of the molecule is CC(C)c1ccc(CNc2cccc(CCCCl)c2)cc1. The molecule has 2 heteroatoms. The lowest BCUT2D eigenvalue weighted by molar-refractivity contribution is 0.865. The number of hydrogen-bond acceptors (Lipinski definition) is 1. The molecule has 1 nitrogen and oxygen atoms in total. The van der Waals surface area contributed by atoms with E-state index in [-0.39, 0.29) is 0 Å². The van der Waals surface area contributed by atoms with E-state index in [1.807, 2.05) is 0 Å². The molecule has 0 aliphatic rings. The Labute approximate surface area is 133 Å². The minimum absolute atomic E-state index is 0.589. The molecule has 2 aromatic rings. The quantitative estimate of drug-likeness (QED) is 0.657. The highest BCUT2D eigenvalue weighted by molar-refractivity contribution is 6.17. The molecule has 0 spiro atoms. The van der Waals surface area contributed by atoms with Crippen LogP contribution in [-0.4, -0.2) is 5.88 Å². The van der Waals surface area contributed by atoms with Crippen molar-refractivity contribution in [1.82, 2.24) is 0 Å². The van der Waals surface area contributed by atoms with Crippen molar-refractivity contribution in [3.63, 3.8) is 0 Å². The first-order valence-electron chi connectivity index (χ1n) is 7.66. The Bertz CT molecular complexity index is 546. The van der Waals surface area contributed by atoms with E-state index in [1.54, 1.807) is 0 Å². The van der Waals surface area contributed by atoms with E-state index in [2.05, 4.69) is 67.7 Å². The minimum atomic E-state index is 0.589. The molecule has 0 amide bonds. The predicted octanol–water partition coefficient (Wildman–Crippen LogP) is 5.59. The Morgan fingerprint density at radius 1 is 1.00 bits per heavy atom. The van der Waals surface area contributed by atoms with Gasteiger partial charge in [-0.1, -0.05) is 50.2 Å². The van der Waals surface area contributed by atoms with Gasteiger partial charge in [0, 0.05) is 18.1 Å². The third-order valence-corrected chi connectivity index (χ3v) is 3.94. The van der Waals surface area contributed by atoms with Crippen molar-refractivity contribution in [2.24, 2.45) is 0 Å². The lowest BCUT2D eigenvalue weighted by Gasteiger charge is -2.10. The van der Waals surface area contributed by atoms with Gasteiger partial charge in [0.2, 0.25) is 0 Å². The molecule has 2 rings (SSSR count). The van der Waals surface area contributed by atoms with Gasteiger partial charge in [0.05, 0.1) is 0 Å². The summed E-state index contributed by atoms with van der Waals surface area (Å²) in [6, 6.07) is 17.5. The molecule has 0 atom stereocenters. The minimum Gasteiger partial charge on any atom is -0.381 e. The average Bonchev–Trinajstić information content (AvgIpc) is 2.52. The molecule has 21 heavy (non-hydrogen) atoms. The number of hydrogen-bond donors (Lipinski definition) is 1. The highest BCUT2D eigenvalue weighted by Crippen LogP contribution is 2.17. The highest BCUT2D eigenvalue weighted by atomic mass is 35.5. The molecule has 0 heterocycles. The molecular weight excluding hydrogens is 278 g/mol. The topological polar surface area (TPSA) is 12.0 Å². The van der Waals surface area contributed by atoms with Gasteiger partial charge < -0.3 is 5.32 Å². The zero-order chi connectivity index (χ0) is 15.1. The van der Waals surface area contributed by atoms with Gasteiger partial charge in [0.25, 0.3) is 0 Å². The van der Waals surface area contributed by atoms with Crippen LogP contribution in [-0.2, 0) is 13.0 Å². The maximum absolute atomic E-state index is 5.75. The smallest absolute Gasteiger partial charge is 0.0400 e. The molecule has 0 unspecified atom stereocenters. The summed E-state index contributed by atoms with van der Waals surface area (Å²) in [7, 11) is 0. The fourth-order valence-electron chi connectivity index (χ4n) is 2.33. The largest absolute Gasteiger partial charge is 0.381 e. The number of nitrogens with one attached hydrogen (secondary N) is 1. The van der Waals surface area contributed by atoms with Gasteiger partial charge in [-0.25, -0.2) is 0 Å². The molecule has 1 N–H and O–H groups in total. The van der Waals surface area contributed by atoms with E-state index in [1.165, 1.54) is 22.4 Å². The second-order valence-electron chi connectivity index (χ2n) is 5.74. The van der Waals surface area contributed by atoms with Crippen molar-refractivity contribution in [2.45, 2.75) is 39.2 Å². The van der Waals surface area contributed by atoms with Gasteiger partial charge in [0.1, 0.15) is 0 Å². The summed E-state index contributed by atoms with van der Waals surface area (Å²) < 4.78 is 0. The lowest BCUT2D eigenvalue weighted by Crippen LogP contribution is -2.00. The fraction of sp³-hybridized carbons (Fsp3) is 0.368. The van der Waals surface area contributed by atoms with E-state index < -0.39 is 0 Å². The number of anilines is 1. The van der Waals surface area contributed by atoms with Gasteiger partial charge in [-0.15, -0.1) is 11.6 Å². The van der Waals surface area contributed by atoms with Gasteiger partial charge in [-0.3, -0.25) is 0 Å². The summed E-state index contributed by atoms with van der Waals surface area (Å²) in [4.78, 5) is 0. The van der Waals surface area contributed by atoms with Crippen molar-refractivity contribution < 1.29 is 0 Å². The fourth-order valence-corrected chi connectivity index (χ4v) is 2.47. The summed E-state index contributed by atoms with van der Waals surface area (Å²) >= 11 is 5.75. The van der Waals surface area contributed by atoms with Crippen LogP contribution in [0.5, 0.6) is 0 Å². The summed E-state index contributed by atoms with van der Waals surface area (Å²) in [5.41, 5.74) is 5.22. The number of alkyl halides is 1. The molecule has 0 aliphatic carbocycles. The summed E-state index contributed by atoms with van der Waals surface area (Å²) in [6.45, 7) is 5.30. The molecule has 0 fully saturated rings. The first-order chi connectivity index (χ1) is 10.2. The zero-order valence-electron chi connectivity index (χ0n) is 12.9. The summed E-state index contributed by atoms with van der Waals surface area (Å²) in [5, 5.41) is 3.49. The first kappa shape index (κ1) is 15.9. The Morgan fingerprint density at radius 3 is 2.43 bits per heavy atom. The van der Waals surface area contributed by atoms with E-state index in [0.29, 0.717) is 5.92 Å². The molecule has 0 radical (unpaired) electrons. The van der Waals surface area contributed by atoms with Crippen molar-refractivity contribution in [3.8, 4) is 0 Å². The number of benzene rings is 2. The molecule has 0 aromatic heterocycles. The van der Waals surface area contributed by atoms with Crippen molar-refractivity contribution in [1.29, 1.82) is 0 Å². The third kappa shape index (κ3) is 5.09. The molecule has 112 valence electrons. The maximum Gasteiger partial charge on any atom is 0.0400 e. The summed E-state index contributed by atoms with van der Waals surface area (Å²) in [6.07, 6.45) is 2.07. The van der Waals surface area contributed by atoms with E-state index in [4.69, 9.17) is 11.6 Å². The van der Waals surface area contributed by atoms with Crippen LogP contribution in [0.25, 0.3) is 0 Å². The first-order valence-corrected chi connectivity index (χ1v) is 8.20. The normalized spacial score (nSPS) is 10.9. The van der Waals surface area contributed by atoms with Gasteiger partial charge >= 0.3 is 0 Å². The Hall–Kier alpha value is -1.47. The van der Waals surface area contributed by atoms with Gasteiger partial charge in [0.15, 0.2) is 0 Å². The molecule has 0 saturated carbocycles. The van der Waals surface area contributed by atoms with E-state index in [9.17, 15) is 0 Å². The van der Waals surface area contributed by atoms with Gasteiger partial charge in [-0.2, -0.15) is 0 Å². The monoisotopic (exact) mass is 301 g/mol. The van der Waals surface area contributed by atoms with Crippen LogP contribution in [0.2, 0.25) is 0 Å². The number of rotatable bonds is 7. The van der Waals surface area contributed by atoms with Crippen LogP contribution < -0.4 is 5.32 Å². The molecule has 0 bridgehead atoms. The van der Waals surface area contributed by atoms with Crippen molar-refractivity contribution in [2.75, 3.05) is 11.2 Å². The second-order valence-corrected chi connectivity index (χ2v) is 6.12. The maximum atomic E-state index is 5.75. The van der Waals surface area contributed by atoms with Crippen LogP contribution in [0.1, 0.15) is 42.9 Å².